The van der Waals surface area contributed by atoms with Crippen molar-refractivity contribution in [2.45, 2.75) is 20.5 Å². The molecule has 0 amide bonds. The van der Waals surface area contributed by atoms with Crippen LogP contribution in [0.25, 0.3) is 0 Å². The van der Waals surface area contributed by atoms with Crippen LogP contribution >= 0.6 is 0 Å². The molecule has 0 unspecified atom stereocenters. The van der Waals surface area contributed by atoms with Gasteiger partial charge in [0.2, 0.25) is 0 Å². The van der Waals surface area contributed by atoms with Crippen LogP contribution in [0, 0.1) is 6.92 Å². The van der Waals surface area contributed by atoms with Gasteiger partial charge in [0, 0.05) is 11.1 Å². The zero-order valence-electron chi connectivity index (χ0n) is 12.0. The van der Waals surface area contributed by atoms with Gasteiger partial charge in [0.15, 0.2) is 5.78 Å². The Kier molecular flexibility index (Phi) is 4.41. The molecule has 0 saturated heterocycles. The Balaban J connectivity index is 2.13. The van der Waals surface area contributed by atoms with Crippen molar-refractivity contribution in [3.63, 3.8) is 0 Å². The molecule has 2 aromatic rings. The molecule has 0 aliphatic rings. The smallest absolute Gasteiger partial charge is 0.159 e. The van der Waals surface area contributed by atoms with Crippen molar-refractivity contribution in [1.29, 1.82) is 0 Å². The molecule has 3 nitrogen and oxygen atoms in total. The second kappa shape index (κ2) is 6.24. The van der Waals surface area contributed by atoms with Crippen LogP contribution in [0.3, 0.4) is 0 Å². The first-order chi connectivity index (χ1) is 9.61. The van der Waals surface area contributed by atoms with Gasteiger partial charge in [-0.1, -0.05) is 18.2 Å². The maximum atomic E-state index is 11.3. The molecule has 0 radical (unpaired) electrons. The third kappa shape index (κ3) is 3.18. The number of para-hydroxylation sites is 1. The summed E-state index contributed by atoms with van der Waals surface area (Å²) in [4.78, 5) is 11.3. The molecule has 0 spiro atoms. The van der Waals surface area contributed by atoms with Gasteiger partial charge in [-0.3, -0.25) is 4.79 Å². The van der Waals surface area contributed by atoms with Crippen LogP contribution in [-0.2, 0) is 6.61 Å². The van der Waals surface area contributed by atoms with E-state index in [4.69, 9.17) is 9.47 Å². The SMILES string of the molecule is COc1ccccc1COc1ccc(C(C)=O)cc1C. The van der Waals surface area contributed by atoms with E-state index in [1.807, 2.05) is 43.3 Å². The number of hydrogen-bond donors (Lipinski definition) is 0. The third-order valence-electron chi connectivity index (χ3n) is 3.16. The Labute approximate surface area is 119 Å². The van der Waals surface area contributed by atoms with Crippen LogP contribution in [0.1, 0.15) is 28.4 Å². The minimum absolute atomic E-state index is 0.0596. The third-order valence-corrected chi connectivity index (χ3v) is 3.16. The van der Waals surface area contributed by atoms with E-state index < -0.39 is 0 Å². The Morgan fingerprint density at radius 1 is 1.10 bits per heavy atom. The fourth-order valence-corrected chi connectivity index (χ4v) is 2.01. The van der Waals surface area contributed by atoms with Crippen molar-refractivity contribution in [1.82, 2.24) is 0 Å². The largest absolute Gasteiger partial charge is 0.496 e. The lowest BCUT2D eigenvalue weighted by molar-refractivity contribution is 0.101. The summed E-state index contributed by atoms with van der Waals surface area (Å²) in [5.41, 5.74) is 2.64. The summed E-state index contributed by atoms with van der Waals surface area (Å²) < 4.78 is 11.1. The van der Waals surface area contributed by atoms with Gasteiger partial charge in [-0.25, -0.2) is 0 Å². The normalized spacial score (nSPS) is 10.2. The molecule has 0 heterocycles. The van der Waals surface area contributed by atoms with Gasteiger partial charge in [0.1, 0.15) is 18.1 Å². The summed E-state index contributed by atoms with van der Waals surface area (Å²) in [6.45, 7) is 3.93. The Hall–Kier alpha value is -2.29. The highest BCUT2D eigenvalue weighted by Gasteiger charge is 2.06. The second-order valence-electron chi connectivity index (χ2n) is 4.64. The van der Waals surface area contributed by atoms with E-state index in [0.29, 0.717) is 12.2 Å². The lowest BCUT2D eigenvalue weighted by Gasteiger charge is -2.12. The highest BCUT2D eigenvalue weighted by atomic mass is 16.5. The summed E-state index contributed by atoms with van der Waals surface area (Å²) in [6.07, 6.45) is 0. The first-order valence-corrected chi connectivity index (χ1v) is 6.48. The monoisotopic (exact) mass is 270 g/mol. The molecule has 2 aromatic carbocycles. The fourth-order valence-electron chi connectivity index (χ4n) is 2.01. The predicted octanol–water partition coefficient (Wildman–Crippen LogP) is 3.79. The van der Waals surface area contributed by atoms with Gasteiger partial charge in [-0.2, -0.15) is 0 Å². The van der Waals surface area contributed by atoms with Crippen molar-refractivity contribution in [2.24, 2.45) is 0 Å². The molecule has 0 aliphatic heterocycles. The number of hydrogen-bond acceptors (Lipinski definition) is 3. The number of Topliss-reactive ketones (excluding diaryl/α,β-unsaturated/α-hetero) is 1. The maximum absolute atomic E-state index is 11.3. The Morgan fingerprint density at radius 3 is 2.50 bits per heavy atom. The summed E-state index contributed by atoms with van der Waals surface area (Å²) in [5, 5.41) is 0. The van der Waals surface area contributed by atoms with E-state index in [1.54, 1.807) is 20.1 Å². The van der Waals surface area contributed by atoms with Crippen molar-refractivity contribution in [3.8, 4) is 11.5 Å². The molecule has 0 aliphatic carbocycles. The van der Waals surface area contributed by atoms with Gasteiger partial charge in [-0.15, -0.1) is 0 Å². The predicted molar refractivity (Wildman–Crippen MR) is 78.5 cm³/mol. The number of rotatable bonds is 5. The number of aryl methyl sites for hydroxylation is 1. The number of carbonyl (C=O) groups excluding carboxylic acids is 1. The molecule has 0 fully saturated rings. The molecule has 20 heavy (non-hydrogen) atoms. The Bertz CT molecular complexity index is 617. The summed E-state index contributed by atoms with van der Waals surface area (Å²) in [5.74, 6) is 1.65. The number of methoxy groups -OCH3 is 1. The van der Waals surface area contributed by atoms with Crippen molar-refractivity contribution in [2.75, 3.05) is 7.11 Å². The number of carbonyl (C=O) groups is 1. The summed E-state index contributed by atoms with van der Waals surface area (Å²) in [7, 11) is 1.64. The standard InChI is InChI=1S/C17H18O3/c1-12-10-14(13(2)18)8-9-16(12)20-11-15-6-4-5-7-17(15)19-3/h4-10H,11H2,1-3H3. The molecule has 3 heteroatoms. The first kappa shape index (κ1) is 14.1. The highest BCUT2D eigenvalue weighted by Crippen LogP contribution is 2.23. The zero-order valence-corrected chi connectivity index (χ0v) is 12.0. The minimum atomic E-state index is 0.0596. The minimum Gasteiger partial charge on any atom is -0.496 e. The topological polar surface area (TPSA) is 35.5 Å². The van der Waals surface area contributed by atoms with Crippen LogP contribution in [0.4, 0.5) is 0 Å². The van der Waals surface area contributed by atoms with E-state index in [-0.39, 0.29) is 5.78 Å². The molecular weight excluding hydrogens is 252 g/mol. The number of ketones is 1. The van der Waals surface area contributed by atoms with E-state index in [9.17, 15) is 4.79 Å². The summed E-state index contributed by atoms with van der Waals surface area (Å²) in [6, 6.07) is 13.2. The van der Waals surface area contributed by atoms with Crippen LogP contribution in [0.5, 0.6) is 11.5 Å². The highest BCUT2D eigenvalue weighted by molar-refractivity contribution is 5.94. The van der Waals surface area contributed by atoms with Crippen molar-refractivity contribution in [3.05, 3.63) is 59.2 Å². The van der Waals surface area contributed by atoms with E-state index in [1.165, 1.54) is 0 Å². The number of ether oxygens (including phenoxy) is 2. The lowest BCUT2D eigenvalue weighted by atomic mass is 10.1. The Morgan fingerprint density at radius 2 is 1.85 bits per heavy atom. The molecule has 104 valence electrons. The van der Waals surface area contributed by atoms with E-state index in [0.717, 1.165) is 22.6 Å². The maximum Gasteiger partial charge on any atom is 0.159 e. The molecular formula is C17H18O3. The van der Waals surface area contributed by atoms with Gasteiger partial charge >= 0.3 is 0 Å². The second-order valence-corrected chi connectivity index (χ2v) is 4.64. The molecule has 0 saturated carbocycles. The lowest BCUT2D eigenvalue weighted by Crippen LogP contribution is -2.01. The quantitative estimate of drug-likeness (QED) is 0.775. The molecule has 2 rings (SSSR count). The van der Waals surface area contributed by atoms with E-state index in [2.05, 4.69) is 0 Å². The average molecular weight is 270 g/mol. The van der Waals surface area contributed by atoms with Crippen molar-refractivity contribution >= 4 is 5.78 Å². The molecule has 0 aromatic heterocycles. The van der Waals surface area contributed by atoms with Gasteiger partial charge in [0.25, 0.3) is 0 Å². The molecule has 0 bridgehead atoms. The van der Waals surface area contributed by atoms with Crippen LogP contribution < -0.4 is 9.47 Å². The van der Waals surface area contributed by atoms with Gasteiger partial charge < -0.3 is 9.47 Å². The van der Waals surface area contributed by atoms with Crippen molar-refractivity contribution < 1.29 is 14.3 Å². The van der Waals surface area contributed by atoms with Crippen LogP contribution in [0.15, 0.2) is 42.5 Å². The first-order valence-electron chi connectivity index (χ1n) is 6.48. The van der Waals surface area contributed by atoms with Crippen LogP contribution in [-0.4, -0.2) is 12.9 Å². The fraction of sp³-hybridized carbons (Fsp3) is 0.235. The van der Waals surface area contributed by atoms with Gasteiger partial charge in [0.05, 0.1) is 7.11 Å². The average Bonchev–Trinajstić information content (AvgIpc) is 2.46. The van der Waals surface area contributed by atoms with Crippen LogP contribution in [0.2, 0.25) is 0 Å². The van der Waals surface area contributed by atoms with E-state index >= 15 is 0 Å². The zero-order chi connectivity index (χ0) is 14.5. The van der Waals surface area contributed by atoms with Gasteiger partial charge in [-0.05, 0) is 43.7 Å². The number of benzene rings is 2. The summed E-state index contributed by atoms with van der Waals surface area (Å²) >= 11 is 0. The molecule has 0 N–H and O–H groups in total. The molecule has 0 atom stereocenters.